The first-order valence-corrected chi connectivity index (χ1v) is 9.28. The van der Waals surface area contributed by atoms with Gasteiger partial charge in [-0.3, -0.25) is 4.90 Å². The molecule has 0 saturated heterocycles. The van der Waals surface area contributed by atoms with Gasteiger partial charge in [0.2, 0.25) is 0 Å². The van der Waals surface area contributed by atoms with Gasteiger partial charge in [-0.15, -0.1) is 0 Å². The van der Waals surface area contributed by atoms with Gasteiger partial charge in [0.15, 0.2) is 0 Å². The van der Waals surface area contributed by atoms with E-state index < -0.39 is 0 Å². The van der Waals surface area contributed by atoms with Crippen LogP contribution in [0.4, 0.5) is 0 Å². The normalized spacial score (nSPS) is 30.0. The van der Waals surface area contributed by atoms with E-state index >= 15 is 0 Å². The fourth-order valence-electron chi connectivity index (χ4n) is 3.55. The molecule has 0 heterocycles. The summed E-state index contributed by atoms with van der Waals surface area (Å²) in [5.74, 6) is 2.90. The van der Waals surface area contributed by atoms with Gasteiger partial charge in [-0.2, -0.15) is 11.8 Å². The number of likely N-dealkylation sites (N-methyl/N-ethyl adjacent to an activating group) is 1. The van der Waals surface area contributed by atoms with Crippen LogP contribution in [0.25, 0.3) is 0 Å². The topological polar surface area (TPSA) is 29.3 Å². The van der Waals surface area contributed by atoms with E-state index in [0.717, 1.165) is 18.4 Å². The van der Waals surface area contributed by atoms with Crippen LogP contribution in [0.15, 0.2) is 0 Å². The summed E-state index contributed by atoms with van der Waals surface area (Å²) in [5.41, 5.74) is 6.48. The minimum absolute atomic E-state index is 0.255. The van der Waals surface area contributed by atoms with Crippen molar-refractivity contribution in [3.8, 4) is 0 Å². The molecule has 3 unspecified atom stereocenters. The van der Waals surface area contributed by atoms with Crippen molar-refractivity contribution in [2.45, 2.75) is 64.5 Å². The Labute approximate surface area is 124 Å². The van der Waals surface area contributed by atoms with Gasteiger partial charge in [0.05, 0.1) is 0 Å². The molecule has 2 nitrogen and oxygen atoms in total. The van der Waals surface area contributed by atoms with E-state index in [2.05, 4.69) is 39.0 Å². The van der Waals surface area contributed by atoms with Crippen molar-refractivity contribution in [1.29, 1.82) is 0 Å². The Bertz CT molecular complexity index is 257. The average molecular weight is 287 g/mol. The molecule has 0 aromatic rings. The molecule has 19 heavy (non-hydrogen) atoms. The van der Waals surface area contributed by atoms with E-state index in [-0.39, 0.29) is 5.54 Å². The molecule has 1 aliphatic rings. The Morgan fingerprint density at radius 1 is 1.37 bits per heavy atom. The molecule has 3 atom stereocenters. The SMILES string of the molecule is CSCCC(C)N(C)C1(CN)CCCC(C(C)C)C1. The summed E-state index contributed by atoms with van der Waals surface area (Å²) in [6, 6.07) is 0.641. The van der Waals surface area contributed by atoms with Crippen LogP contribution in [0, 0.1) is 11.8 Å². The van der Waals surface area contributed by atoms with E-state index in [9.17, 15) is 0 Å². The summed E-state index contributed by atoms with van der Waals surface area (Å²) in [6.07, 6.45) is 8.78. The van der Waals surface area contributed by atoms with Crippen molar-refractivity contribution in [3.63, 3.8) is 0 Å². The van der Waals surface area contributed by atoms with E-state index in [4.69, 9.17) is 5.73 Å². The van der Waals surface area contributed by atoms with Crippen LogP contribution in [0.2, 0.25) is 0 Å². The first-order valence-electron chi connectivity index (χ1n) is 7.88. The largest absolute Gasteiger partial charge is 0.329 e. The van der Waals surface area contributed by atoms with Crippen molar-refractivity contribution >= 4 is 11.8 Å². The van der Waals surface area contributed by atoms with Gasteiger partial charge in [0.1, 0.15) is 0 Å². The van der Waals surface area contributed by atoms with E-state index in [0.29, 0.717) is 6.04 Å². The number of nitrogens with two attached hydrogens (primary N) is 1. The lowest BCUT2D eigenvalue weighted by Crippen LogP contribution is -2.58. The predicted octanol–water partition coefficient (Wildman–Crippen LogP) is 3.60. The van der Waals surface area contributed by atoms with Gasteiger partial charge in [0, 0.05) is 18.1 Å². The molecular weight excluding hydrogens is 252 g/mol. The Kier molecular flexibility index (Phi) is 7.20. The third-order valence-electron chi connectivity index (χ3n) is 5.33. The number of hydrogen-bond donors (Lipinski definition) is 1. The van der Waals surface area contributed by atoms with Crippen LogP contribution < -0.4 is 5.73 Å². The van der Waals surface area contributed by atoms with Crippen molar-refractivity contribution in [2.24, 2.45) is 17.6 Å². The van der Waals surface area contributed by atoms with Gasteiger partial charge in [-0.05, 0) is 57.1 Å². The highest BCUT2D eigenvalue weighted by molar-refractivity contribution is 7.98. The Morgan fingerprint density at radius 2 is 2.05 bits per heavy atom. The molecular formula is C16H34N2S. The first kappa shape index (κ1) is 17.3. The molecule has 1 saturated carbocycles. The monoisotopic (exact) mass is 286 g/mol. The van der Waals surface area contributed by atoms with E-state index in [1.807, 2.05) is 11.8 Å². The highest BCUT2D eigenvalue weighted by Crippen LogP contribution is 2.40. The number of thioether (sulfide) groups is 1. The summed E-state index contributed by atoms with van der Waals surface area (Å²) in [7, 11) is 2.31. The number of nitrogens with zero attached hydrogens (tertiary/aromatic N) is 1. The van der Waals surface area contributed by atoms with E-state index in [1.54, 1.807) is 0 Å². The zero-order chi connectivity index (χ0) is 14.5. The van der Waals surface area contributed by atoms with Gasteiger partial charge in [-0.1, -0.05) is 26.7 Å². The maximum Gasteiger partial charge on any atom is 0.0334 e. The minimum Gasteiger partial charge on any atom is -0.329 e. The summed E-state index contributed by atoms with van der Waals surface area (Å²) >= 11 is 1.95. The van der Waals surface area contributed by atoms with Crippen LogP contribution >= 0.6 is 11.8 Å². The Morgan fingerprint density at radius 3 is 2.58 bits per heavy atom. The Hall–Kier alpha value is 0.270. The van der Waals surface area contributed by atoms with Crippen LogP contribution in [0.1, 0.15) is 52.9 Å². The molecule has 0 radical (unpaired) electrons. The minimum atomic E-state index is 0.255. The smallest absolute Gasteiger partial charge is 0.0334 e. The third-order valence-corrected chi connectivity index (χ3v) is 5.98. The van der Waals surface area contributed by atoms with Gasteiger partial charge in [0.25, 0.3) is 0 Å². The lowest BCUT2D eigenvalue weighted by Gasteiger charge is -2.50. The zero-order valence-corrected chi connectivity index (χ0v) is 14.4. The number of hydrogen-bond acceptors (Lipinski definition) is 3. The van der Waals surface area contributed by atoms with Crippen LogP contribution in [0.5, 0.6) is 0 Å². The second-order valence-electron chi connectivity index (χ2n) is 6.77. The summed E-state index contributed by atoms with van der Waals surface area (Å²) in [6.45, 7) is 7.92. The molecule has 0 spiro atoms. The lowest BCUT2D eigenvalue weighted by atomic mass is 9.70. The van der Waals surface area contributed by atoms with Crippen LogP contribution in [-0.4, -0.2) is 42.1 Å². The molecule has 0 amide bonds. The van der Waals surface area contributed by atoms with Crippen molar-refractivity contribution in [2.75, 3.05) is 25.6 Å². The predicted molar refractivity (Wildman–Crippen MR) is 88.8 cm³/mol. The molecule has 3 heteroatoms. The molecule has 1 aliphatic carbocycles. The lowest BCUT2D eigenvalue weighted by molar-refractivity contribution is 0.0189. The highest BCUT2D eigenvalue weighted by Gasteiger charge is 2.40. The average Bonchev–Trinajstić information content (AvgIpc) is 2.43. The van der Waals surface area contributed by atoms with Gasteiger partial charge in [-0.25, -0.2) is 0 Å². The van der Waals surface area contributed by atoms with Crippen molar-refractivity contribution in [1.82, 2.24) is 4.90 Å². The molecule has 0 aliphatic heterocycles. The standard InChI is InChI=1S/C16H34N2S/c1-13(2)15-7-6-9-16(11-15,12-17)18(4)14(3)8-10-19-5/h13-15H,6-12,17H2,1-5H3. The van der Waals surface area contributed by atoms with Gasteiger partial charge >= 0.3 is 0 Å². The maximum atomic E-state index is 6.22. The van der Waals surface area contributed by atoms with Crippen LogP contribution in [0.3, 0.4) is 0 Å². The number of rotatable bonds is 7. The summed E-state index contributed by atoms with van der Waals surface area (Å²) in [4.78, 5) is 2.61. The van der Waals surface area contributed by atoms with Crippen molar-refractivity contribution in [3.05, 3.63) is 0 Å². The second-order valence-corrected chi connectivity index (χ2v) is 7.76. The fourth-order valence-corrected chi connectivity index (χ4v) is 4.13. The fraction of sp³-hybridized carbons (Fsp3) is 1.00. The van der Waals surface area contributed by atoms with E-state index in [1.165, 1.54) is 37.9 Å². The van der Waals surface area contributed by atoms with Crippen molar-refractivity contribution < 1.29 is 0 Å². The molecule has 114 valence electrons. The molecule has 1 rings (SSSR count). The molecule has 0 bridgehead atoms. The molecule has 0 aromatic heterocycles. The first-order chi connectivity index (χ1) is 8.96. The summed E-state index contributed by atoms with van der Waals surface area (Å²) < 4.78 is 0. The molecule has 0 aromatic carbocycles. The van der Waals surface area contributed by atoms with Crippen LogP contribution in [-0.2, 0) is 0 Å². The molecule has 2 N–H and O–H groups in total. The molecule has 1 fully saturated rings. The quantitative estimate of drug-likeness (QED) is 0.775. The summed E-state index contributed by atoms with van der Waals surface area (Å²) in [5, 5.41) is 0. The Balaban J connectivity index is 2.72. The highest BCUT2D eigenvalue weighted by atomic mass is 32.2. The van der Waals surface area contributed by atoms with Gasteiger partial charge < -0.3 is 5.73 Å². The third kappa shape index (κ3) is 4.37. The zero-order valence-electron chi connectivity index (χ0n) is 13.6. The second kappa shape index (κ2) is 7.90. The maximum absolute atomic E-state index is 6.22.